The van der Waals surface area contributed by atoms with Gasteiger partial charge in [-0.05, 0) is 43.3 Å². The Bertz CT molecular complexity index is 702. The molecule has 3 rings (SSSR count). The van der Waals surface area contributed by atoms with Crippen LogP contribution in [0.4, 0.5) is 16.4 Å². The number of carbonyl (C=O) groups is 1. The molecule has 2 aromatic rings. The molecule has 0 aliphatic carbocycles. The molecule has 144 valence electrons. The molecule has 2 N–H and O–H groups in total. The molecular weight excluding hydrogens is 344 g/mol. The summed E-state index contributed by atoms with van der Waals surface area (Å²) in [5.41, 5.74) is 0.743. The molecular formula is C19H26N6O2. The van der Waals surface area contributed by atoms with Crippen molar-refractivity contribution in [2.24, 2.45) is 0 Å². The van der Waals surface area contributed by atoms with Gasteiger partial charge in [0.1, 0.15) is 5.75 Å². The van der Waals surface area contributed by atoms with E-state index in [9.17, 15) is 4.79 Å². The Balaban J connectivity index is 1.29. The number of rotatable bonds is 7. The number of anilines is 2. The number of carbonyl (C=O) groups excluding carboxylic acids is 1. The monoisotopic (exact) mass is 370 g/mol. The number of hydrogen-bond donors (Lipinski definition) is 2. The molecule has 1 saturated heterocycles. The van der Waals surface area contributed by atoms with E-state index in [-0.39, 0.29) is 6.03 Å². The first-order chi connectivity index (χ1) is 13.2. The fourth-order valence-corrected chi connectivity index (χ4v) is 2.98. The van der Waals surface area contributed by atoms with Gasteiger partial charge in [0.25, 0.3) is 0 Å². The third-order valence-corrected chi connectivity index (χ3v) is 4.49. The van der Waals surface area contributed by atoms with Crippen molar-refractivity contribution in [3.05, 3.63) is 42.7 Å². The number of nitrogens with one attached hydrogen (secondary N) is 2. The van der Waals surface area contributed by atoms with Crippen molar-refractivity contribution in [1.82, 2.24) is 20.2 Å². The molecule has 2 heterocycles. The Morgan fingerprint density at radius 3 is 2.48 bits per heavy atom. The number of ether oxygens (including phenoxy) is 1. The molecule has 0 bridgehead atoms. The lowest BCUT2D eigenvalue weighted by Gasteiger charge is -2.34. The Labute approximate surface area is 159 Å². The number of benzene rings is 1. The quantitative estimate of drug-likeness (QED) is 0.724. The van der Waals surface area contributed by atoms with Crippen LogP contribution in [-0.2, 0) is 0 Å². The van der Waals surface area contributed by atoms with Crippen molar-refractivity contribution in [3.8, 4) is 5.75 Å². The average Bonchev–Trinajstić information content (AvgIpc) is 2.73. The number of hydrogen-bond acceptors (Lipinski definition) is 6. The Morgan fingerprint density at radius 1 is 1.11 bits per heavy atom. The van der Waals surface area contributed by atoms with Crippen LogP contribution in [0.5, 0.6) is 5.75 Å². The summed E-state index contributed by atoms with van der Waals surface area (Å²) in [5.74, 6) is 1.56. The minimum absolute atomic E-state index is 0.189. The summed E-state index contributed by atoms with van der Waals surface area (Å²) in [6.07, 6.45) is 4.46. The second kappa shape index (κ2) is 9.72. The second-order valence-corrected chi connectivity index (χ2v) is 6.34. The lowest BCUT2D eigenvalue weighted by atomic mass is 10.3. The lowest BCUT2D eigenvalue weighted by Crippen LogP contribution is -2.47. The zero-order chi connectivity index (χ0) is 18.9. The van der Waals surface area contributed by atoms with E-state index in [4.69, 9.17) is 4.74 Å². The molecule has 1 aliphatic rings. The zero-order valence-electron chi connectivity index (χ0n) is 15.6. The van der Waals surface area contributed by atoms with Gasteiger partial charge < -0.3 is 20.3 Å². The predicted molar refractivity (Wildman–Crippen MR) is 105 cm³/mol. The molecule has 0 saturated carbocycles. The third kappa shape index (κ3) is 5.82. The number of nitrogens with zero attached hydrogens (tertiary/aromatic N) is 4. The van der Waals surface area contributed by atoms with Crippen molar-refractivity contribution in [2.75, 3.05) is 56.6 Å². The van der Waals surface area contributed by atoms with Gasteiger partial charge in [0.2, 0.25) is 5.95 Å². The summed E-state index contributed by atoms with van der Waals surface area (Å²) in [5, 5.41) is 5.71. The highest BCUT2D eigenvalue weighted by Crippen LogP contribution is 2.14. The number of methoxy groups -OCH3 is 1. The van der Waals surface area contributed by atoms with E-state index in [1.807, 2.05) is 30.3 Å². The Hall–Kier alpha value is -2.87. The largest absolute Gasteiger partial charge is 0.497 e. The topological polar surface area (TPSA) is 82.6 Å². The number of aromatic nitrogens is 2. The van der Waals surface area contributed by atoms with Crippen LogP contribution in [0.3, 0.4) is 0 Å². The Kier molecular flexibility index (Phi) is 6.81. The van der Waals surface area contributed by atoms with Crippen LogP contribution in [0.15, 0.2) is 42.7 Å². The van der Waals surface area contributed by atoms with Gasteiger partial charge in [0, 0.05) is 50.8 Å². The van der Waals surface area contributed by atoms with Crippen molar-refractivity contribution in [2.45, 2.75) is 6.42 Å². The standard InChI is InChI=1S/C19H26N6O2/c1-27-17-6-4-16(5-7-17)23-19(26)22-10-3-11-24-12-14-25(15-13-24)18-20-8-2-9-21-18/h2,4-9H,3,10-15H2,1H3,(H2,22,23,26). The molecule has 1 aliphatic heterocycles. The van der Waals surface area contributed by atoms with Crippen molar-refractivity contribution < 1.29 is 9.53 Å². The maximum Gasteiger partial charge on any atom is 0.319 e. The molecule has 8 nitrogen and oxygen atoms in total. The lowest BCUT2D eigenvalue weighted by molar-refractivity contribution is 0.244. The highest BCUT2D eigenvalue weighted by atomic mass is 16.5. The van der Waals surface area contributed by atoms with Crippen LogP contribution in [0.2, 0.25) is 0 Å². The highest BCUT2D eigenvalue weighted by Gasteiger charge is 2.18. The van der Waals surface area contributed by atoms with Gasteiger partial charge in [-0.15, -0.1) is 0 Å². The maximum absolute atomic E-state index is 11.9. The normalized spacial score (nSPS) is 14.6. The van der Waals surface area contributed by atoms with Crippen LogP contribution in [0, 0.1) is 0 Å². The first kappa shape index (κ1) is 18.9. The third-order valence-electron chi connectivity index (χ3n) is 4.49. The molecule has 0 spiro atoms. The molecule has 0 atom stereocenters. The van der Waals surface area contributed by atoms with Crippen molar-refractivity contribution in [1.29, 1.82) is 0 Å². The number of piperazine rings is 1. The van der Waals surface area contributed by atoms with E-state index in [0.29, 0.717) is 6.54 Å². The van der Waals surface area contributed by atoms with Crippen LogP contribution in [0.1, 0.15) is 6.42 Å². The molecule has 0 radical (unpaired) electrons. The van der Waals surface area contributed by atoms with E-state index in [2.05, 4.69) is 30.4 Å². The summed E-state index contributed by atoms with van der Waals surface area (Å²) in [6.45, 7) is 5.42. The first-order valence-corrected chi connectivity index (χ1v) is 9.18. The number of amides is 2. The van der Waals surface area contributed by atoms with Gasteiger partial charge >= 0.3 is 6.03 Å². The van der Waals surface area contributed by atoms with Gasteiger partial charge in [-0.2, -0.15) is 0 Å². The van der Waals surface area contributed by atoms with E-state index < -0.39 is 0 Å². The van der Waals surface area contributed by atoms with Crippen LogP contribution in [-0.4, -0.2) is 67.3 Å². The van der Waals surface area contributed by atoms with E-state index >= 15 is 0 Å². The molecule has 2 amide bonds. The van der Waals surface area contributed by atoms with E-state index in [1.165, 1.54) is 0 Å². The molecule has 1 aromatic carbocycles. The van der Waals surface area contributed by atoms with Gasteiger partial charge in [-0.3, -0.25) is 4.90 Å². The van der Waals surface area contributed by atoms with Gasteiger partial charge in [0.15, 0.2) is 0 Å². The molecule has 8 heteroatoms. The van der Waals surface area contributed by atoms with Crippen LogP contribution >= 0.6 is 0 Å². The highest BCUT2D eigenvalue weighted by molar-refractivity contribution is 5.89. The van der Waals surface area contributed by atoms with Crippen LogP contribution < -0.4 is 20.3 Å². The summed E-state index contributed by atoms with van der Waals surface area (Å²) >= 11 is 0. The van der Waals surface area contributed by atoms with Gasteiger partial charge in [-0.1, -0.05) is 0 Å². The summed E-state index contributed by atoms with van der Waals surface area (Å²) in [4.78, 5) is 25.1. The van der Waals surface area contributed by atoms with Gasteiger partial charge in [0.05, 0.1) is 7.11 Å². The summed E-state index contributed by atoms with van der Waals surface area (Å²) < 4.78 is 5.10. The molecule has 27 heavy (non-hydrogen) atoms. The van der Waals surface area contributed by atoms with E-state index in [1.54, 1.807) is 19.5 Å². The zero-order valence-corrected chi connectivity index (χ0v) is 15.6. The molecule has 1 fully saturated rings. The number of urea groups is 1. The molecule has 1 aromatic heterocycles. The van der Waals surface area contributed by atoms with E-state index in [0.717, 1.165) is 56.5 Å². The van der Waals surface area contributed by atoms with Crippen LogP contribution in [0.25, 0.3) is 0 Å². The SMILES string of the molecule is COc1ccc(NC(=O)NCCCN2CCN(c3ncccn3)CC2)cc1. The smallest absolute Gasteiger partial charge is 0.319 e. The van der Waals surface area contributed by atoms with Crippen molar-refractivity contribution in [3.63, 3.8) is 0 Å². The maximum atomic E-state index is 11.9. The average molecular weight is 370 g/mol. The summed E-state index contributed by atoms with van der Waals surface area (Å²) in [7, 11) is 1.62. The molecule has 0 unspecified atom stereocenters. The van der Waals surface area contributed by atoms with Crippen molar-refractivity contribution >= 4 is 17.7 Å². The fraction of sp³-hybridized carbons (Fsp3) is 0.421. The minimum Gasteiger partial charge on any atom is -0.497 e. The predicted octanol–water partition coefficient (Wildman–Crippen LogP) is 1.82. The first-order valence-electron chi connectivity index (χ1n) is 9.18. The summed E-state index contributed by atoms with van der Waals surface area (Å²) in [6, 6.07) is 8.90. The minimum atomic E-state index is -0.189. The van der Waals surface area contributed by atoms with Gasteiger partial charge in [-0.25, -0.2) is 14.8 Å². The second-order valence-electron chi connectivity index (χ2n) is 6.34. The fourth-order valence-electron chi connectivity index (χ4n) is 2.98. The Morgan fingerprint density at radius 2 is 1.81 bits per heavy atom.